The van der Waals surface area contributed by atoms with Crippen molar-refractivity contribution in [2.45, 2.75) is 38.1 Å². The second-order valence-corrected chi connectivity index (χ2v) is 4.52. The Balaban J connectivity index is 2.07. The molecule has 0 bridgehead atoms. The molecular weight excluding hydrogens is 214 g/mol. The van der Waals surface area contributed by atoms with Crippen molar-refractivity contribution >= 4 is 5.97 Å². The van der Waals surface area contributed by atoms with Crippen molar-refractivity contribution in [3.63, 3.8) is 0 Å². The van der Waals surface area contributed by atoms with E-state index in [1.165, 1.54) is 18.4 Å². The predicted molar refractivity (Wildman–Crippen MR) is 66.6 cm³/mol. The Morgan fingerprint density at radius 1 is 1.47 bits per heavy atom. The van der Waals surface area contributed by atoms with Crippen LogP contribution in [0.15, 0.2) is 24.3 Å². The fourth-order valence-electron chi connectivity index (χ4n) is 2.12. The highest BCUT2D eigenvalue weighted by molar-refractivity contribution is 5.70. The summed E-state index contributed by atoms with van der Waals surface area (Å²) < 4.78 is 4.93. The first kappa shape index (κ1) is 12.1. The minimum Gasteiger partial charge on any atom is -0.466 e. The van der Waals surface area contributed by atoms with E-state index in [-0.39, 0.29) is 18.4 Å². The zero-order valence-corrected chi connectivity index (χ0v) is 10.2. The third kappa shape index (κ3) is 3.07. The van der Waals surface area contributed by atoms with E-state index in [1.54, 1.807) is 0 Å². The van der Waals surface area contributed by atoms with Crippen LogP contribution in [-0.2, 0) is 9.53 Å². The van der Waals surface area contributed by atoms with Gasteiger partial charge >= 0.3 is 5.97 Å². The lowest BCUT2D eigenvalue weighted by molar-refractivity contribution is -0.143. The lowest BCUT2D eigenvalue weighted by Gasteiger charge is -2.15. The van der Waals surface area contributed by atoms with E-state index in [0.29, 0.717) is 12.5 Å². The number of benzene rings is 1. The van der Waals surface area contributed by atoms with Crippen molar-refractivity contribution < 1.29 is 9.53 Å². The van der Waals surface area contributed by atoms with E-state index in [4.69, 9.17) is 10.5 Å². The maximum Gasteiger partial charge on any atom is 0.307 e. The molecule has 1 atom stereocenters. The van der Waals surface area contributed by atoms with Gasteiger partial charge in [-0.15, -0.1) is 0 Å². The molecule has 1 fully saturated rings. The van der Waals surface area contributed by atoms with Gasteiger partial charge in [-0.2, -0.15) is 0 Å². The molecule has 0 radical (unpaired) electrons. The van der Waals surface area contributed by atoms with E-state index in [1.807, 2.05) is 25.1 Å². The summed E-state index contributed by atoms with van der Waals surface area (Å²) in [5.41, 5.74) is 8.50. The SMILES string of the molecule is CCOC(=O)C[C@H](N)c1ccccc1C1CC1. The van der Waals surface area contributed by atoms with Gasteiger partial charge in [0.25, 0.3) is 0 Å². The molecule has 2 rings (SSSR count). The van der Waals surface area contributed by atoms with Crippen LogP contribution in [-0.4, -0.2) is 12.6 Å². The van der Waals surface area contributed by atoms with Gasteiger partial charge in [0.1, 0.15) is 0 Å². The number of rotatable bonds is 5. The van der Waals surface area contributed by atoms with E-state index in [2.05, 4.69) is 6.07 Å². The molecule has 0 saturated heterocycles. The van der Waals surface area contributed by atoms with Crippen molar-refractivity contribution in [1.82, 2.24) is 0 Å². The predicted octanol–water partition coefficient (Wildman–Crippen LogP) is 2.52. The summed E-state index contributed by atoms with van der Waals surface area (Å²) in [5.74, 6) is 0.435. The summed E-state index contributed by atoms with van der Waals surface area (Å²) in [7, 11) is 0. The number of carbonyl (C=O) groups excluding carboxylic acids is 1. The Morgan fingerprint density at radius 3 is 2.82 bits per heavy atom. The first-order chi connectivity index (χ1) is 8.22. The summed E-state index contributed by atoms with van der Waals surface area (Å²) in [6.07, 6.45) is 2.74. The molecule has 2 N–H and O–H groups in total. The van der Waals surface area contributed by atoms with Crippen molar-refractivity contribution in [3.8, 4) is 0 Å². The van der Waals surface area contributed by atoms with Crippen LogP contribution in [0.3, 0.4) is 0 Å². The summed E-state index contributed by atoms with van der Waals surface area (Å²) >= 11 is 0. The molecular formula is C14H19NO2. The number of nitrogens with two attached hydrogens (primary N) is 1. The highest BCUT2D eigenvalue weighted by Gasteiger charge is 2.27. The summed E-state index contributed by atoms with van der Waals surface area (Å²) in [4.78, 5) is 11.4. The van der Waals surface area contributed by atoms with Crippen molar-refractivity contribution in [3.05, 3.63) is 35.4 Å². The van der Waals surface area contributed by atoms with Gasteiger partial charge in [-0.25, -0.2) is 0 Å². The molecule has 1 aliphatic carbocycles. The molecule has 3 heteroatoms. The van der Waals surface area contributed by atoms with E-state index < -0.39 is 0 Å². The maximum absolute atomic E-state index is 11.4. The summed E-state index contributed by atoms with van der Waals surface area (Å²) in [6.45, 7) is 2.22. The number of ether oxygens (including phenoxy) is 1. The van der Waals surface area contributed by atoms with E-state index in [0.717, 1.165) is 5.56 Å². The van der Waals surface area contributed by atoms with Crippen LogP contribution >= 0.6 is 0 Å². The van der Waals surface area contributed by atoms with Crippen LogP contribution in [0.4, 0.5) is 0 Å². The Kier molecular flexibility index (Phi) is 3.79. The zero-order valence-electron chi connectivity index (χ0n) is 10.2. The number of esters is 1. The molecule has 1 aromatic carbocycles. The molecule has 0 unspecified atom stereocenters. The van der Waals surface area contributed by atoms with E-state index in [9.17, 15) is 4.79 Å². The zero-order chi connectivity index (χ0) is 12.3. The van der Waals surface area contributed by atoms with Gasteiger partial charge in [-0.3, -0.25) is 4.79 Å². The lowest BCUT2D eigenvalue weighted by atomic mass is 9.96. The van der Waals surface area contributed by atoms with Crippen LogP contribution in [0.5, 0.6) is 0 Å². The molecule has 3 nitrogen and oxygen atoms in total. The fraction of sp³-hybridized carbons (Fsp3) is 0.500. The molecule has 0 aliphatic heterocycles. The van der Waals surface area contributed by atoms with Crippen LogP contribution in [0.25, 0.3) is 0 Å². The molecule has 0 spiro atoms. The van der Waals surface area contributed by atoms with Crippen LogP contribution < -0.4 is 5.73 Å². The van der Waals surface area contributed by atoms with Gasteiger partial charge in [0.15, 0.2) is 0 Å². The van der Waals surface area contributed by atoms with Crippen molar-refractivity contribution in [2.24, 2.45) is 5.73 Å². The second-order valence-electron chi connectivity index (χ2n) is 4.52. The molecule has 1 saturated carbocycles. The average molecular weight is 233 g/mol. The minimum absolute atomic E-state index is 0.217. The Labute approximate surface area is 102 Å². The lowest BCUT2D eigenvalue weighted by Crippen LogP contribution is -2.18. The first-order valence-electron chi connectivity index (χ1n) is 6.22. The monoisotopic (exact) mass is 233 g/mol. The topological polar surface area (TPSA) is 52.3 Å². The maximum atomic E-state index is 11.4. The largest absolute Gasteiger partial charge is 0.466 e. The van der Waals surface area contributed by atoms with Gasteiger partial charge in [-0.1, -0.05) is 24.3 Å². The second kappa shape index (κ2) is 5.32. The van der Waals surface area contributed by atoms with E-state index >= 15 is 0 Å². The standard InChI is InChI=1S/C14H19NO2/c1-2-17-14(16)9-13(15)12-6-4-3-5-11(12)10-7-8-10/h3-6,10,13H,2,7-9,15H2,1H3/t13-/m0/s1. The van der Waals surface area contributed by atoms with Crippen molar-refractivity contribution in [1.29, 1.82) is 0 Å². The van der Waals surface area contributed by atoms with Gasteiger partial charge in [0, 0.05) is 6.04 Å². The molecule has 0 amide bonds. The quantitative estimate of drug-likeness (QED) is 0.795. The van der Waals surface area contributed by atoms with Gasteiger partial charge in [0.05, 0.1) is 13.0 Å². The normalized spacial score (nSPS) is 16.6. The summed E-state index contributed by atoms with van der Waals surface area (Å²) in [6, 6.07) is 7.92. The number of carbonyl (C=O) groups is 1. The summed E-state index contributed by atoms with van der Waals surface area (Å²) in [5, 5.41) is 0. The Hall–Kier alpha value is -1.35. The van der Waals surface area contributed by atoms with Crippen LogP contribution in [0.1, 0.15) is 49.3 Å². The molecule has 1 aliphatic rings. The molecule has 0 aromatic heterocycles. The van der Waals surface area contributed by atoms with Crippen LogP contribution in [0.2, 0.25) is 0 Å². The highest BCUT2D eigenvalue weighted by Crippen LogP contribution is 2.42. The molecule has 1 aromatic rings. The Morgan fingerprint density at radius 2 is 2.18 bits per heavy atom. The third-order valence-corrected chi connectivity index (χ3v) is 3.10. The fourth-order valence-corrected chi connectivity index (χ4v) is 2.12. The van der Waals surface area contributed by atoms with Crippen LogP contribution in [0, 0.1) is 0 Å². The molecule has 92 valence electrons. The minimum atomic E-state index is -0.245. The van der Waals surface area contributed by atoms with Gasteiger partial charge in [-0.05, 0) is 36.8 Å². The molecule has 17 heavy (non-hydrogen) atoms. The Bertz CT molecular complexity index is 399. The molecule has 0 heterocycles. The number of hydrogen-bond acceptors (Lipinski definition) is 3. The number of hydrogen-bond donors (Lipinski definition) is 1. The highest BCUT2D eigenvalue weighted by atomic mass is 16.5. The smallest absolute Gasteiger partial charge is 0.307 e. The van der Waals surface area contributed by atoms with Gasteiger partial charge in [0.2, 0.25) is 0 Å². The first-order valence-corrected chi connectivity index (χ1v) is 6.22. The van der Waals surface area contributed by atoms with Gasteiger partial charge < -0.3 is 10.5 Å². The van der Waals surface area contributed by atoms with Crippen molar-refractivity contribution in [2.75, 3.05) is 6.61 Å². The third-order valence-electron chi connectivity index (χ3n) is 3.10. The average Bonchev–Trinajstić information content (AvgIpc) is 3.13.